The molecule has 0 aliphatic carbocycles. The zero-order valence-electron chi connectivity index (χ0n) is 22.6. The van der Waals surface area contributed by atoms with Crippen LogP contribution in [0.1, 0.15) is 30.9 Å². The van der Waals surface area contributed by atoms with Gasteiger partial charge in [0, 0.05) is 32.1 Å². The molecule has 214 valence electrons. The molecule has 0 amide bonds. The van der Waals surface area contributed by atoms with Crippen LogP contribution in [0.2, 0.25) is 5.02 Å². The maximum atomic E-state index is 13.3. The molecule has 0 unspecified atom stereocenters. The zero-order valence-corrected chi connectivity index (χ0v) is 24.2. The molecule has 4 rings (SSSR count). The van der Waals surface area contributed by atoms with E-state index in [1.807, 2.05) is 18.2 Å². The molecule has 3 aromatic rings. The normalized spacial score (nSPS) is 14.0. The highest BCUT2D eigenvalue weighted by molar-refractivity contribution is 7.93. The minimum absolute atomic E-state index is 0.0472. The van der Waals surface area contributed by atoms with Crippen molar-refractivity contribution < 1.29 is 22.7 Å². The Morgan fingerprint density at radius 1 is 1.17 bits per heavy atom. The van der Waals surface area contributed by atoms with Gasteiger partial charge in [0.1, 0.15) is 17.7 Å². The fourth-order valence-electron chi connectivity index (χ4n) is 4.47. The van der Waals surface area contributed by atoms with Crippen molar-refractivity contribution in [1.82, 2.24) is 4.98 Å². The molecule has 41 heavy (non-hydrogen) atoms. The summed E-state index contributed by atoms with van der Waals surface area (Å²) in [5.74, 6) is -0.266. The summed E-state index contributed by atoms with van der Waals surface area (Å²) < 4.78 is 38.7. The third-order valence-electron chi connectivity index (χ3n) is 6.45. The SMILES string of the molecule is CCOC(=O)CS(=O)(=O)N(CC=Cc1cccc(C#N)c1)c1ccc(OC2CCN(c3ccccn3)CC2)c(Cl)c1. The van der Waals surface area contributed by atoms with Gasteiger partial charge in [0.05, 0.1) is 35.5 Å². The molecule has 1 saturated heterocycles. The van der Waals surface area contributed by atoms with Crippen LogP contribution in [0.25, 0.3) is 6.08 Å². The van der Waals surface area contributed by atoms with Gasteiger partial charge in [-0.15, -0.1) is 0 Å². The van der Waals surface area contributed by atoms with Crippen molar-refractivity contribution in [2.45, 2.75) is 25.9 Å². The van der Waals surface area contributed by atoms with Crippen molar-refractivity contribution in [3.05, 3.63) is 89.1 Å². The van der Waals surface area contributed by atoms with Crippen molar-refractivity contribution in [1.29, 1.82) is 5.26 Å². The molecule has 1 fully saturated rings. The summed E-state index contributed by atoms with van der Waals surface area (Å²) in [6.45, 7) is 3.20. The van der Waals surface area contributed by atoms with Crippen molar-refractivity contribution in [2.75, 3.05) is 41.2 Å². The minimum atomic E-state index is -4.11. The van der Waals surface area contributed by atoms with Gasteiger partial charge >= 0.3 is 5.97 Å². The quantitative estimate of drug-likeness (QED) is 0.283. The topological polar surface area (TPSA) is 113 Å². The van der Waals surface area contributed by atoms with Gasteiger partial charge in [0.25, 0.3) is 0 Å². The number of hydrogen-bond donors (Lipinski definition) is 0. The number of hydrogen-bond acceptors (Lipinski definition) is 8. The van der Waals surface area contributed by atoms with E-state index in [1.54, 1.807) is 61.7 Å². The Morgan fingerprint density at radius 2 is 1.98 bits per heavy atom. The highest BCUT2D eigenvalue weighted by atomic mass is 35.5. The second-order valence-corrected chi connectivity index (χ2v) is 11.6. The van der Waals surface area contributed by atoms with Gasteiger partial charge < -0.3 is 14.4 Å². The lowest BCUT2D eigenvalue weighted by atomic mass is 10.1. The number of ether oxygens (including phenoxy) is 2. The van der Waals surface area contributed by atoms with Gasteiger partial charge in [0.15, 0.2) is 5.75 Å². The van der Waals surface area contributed by atoms with Gasteiger partial charge in [-0.2, -0.15) is 5.26 Å². The van der Waals surface area contributed by atoms with Crippen molar-refractivity contribution in [2.24, 2.45) is 0 Å². The summed E-state index contributed by atoms with van der Waals surface area (Å²) in [7, 11) is -4.11. The van der Waals surface area contributed by atoms with Gasteiger partial charge in [0.2, 0.25) is 10.0 Å². The molecule has 0 saturated carbocycles. The standard InChI is InChI=1S/C30H31ClN4O5S/c1-2-39-30(36)22-41(37,38)35(16-6-9-23-7-5-8-24(19-23)21-32)25-11-12-28(27(31)20-25)40-26-13-17-34(18-14-26)29-10-3-4-15-33-29/h3-12,15,19-20,26H,2,13-14,16-18,22H2,1H3. The summed E-state index contributed by atoms with van der Waals surface area (Å²) in [6, 6.07) is 19.6. The van der Waals surface area contributed by atoms with Gasteiger partial charge in [-0.3, -0.25) is 9.10 Å². The van der Waals surface area contributed by atoms with E-state index in [4.69, 9.17) is 26.3 Å². The van der Waals surface area contributed by atoms with E-state index < -0.39 is 21.7 Å². The Labute approximate surface area is 245 Å². The predicted octanol–water partition coefficient (Wildman–Crippen LogP) is 5.07. The maximum Gasteiger partial charge on any atom is 0.323 e. The number of carbonyl (C=O) groups excluding carboxylic acids is 1. The van der Waals surface area contributed by atoms with Crippen LogP contribution in [0.5, 0.6) is 5.75 Å². The van der Waals surface area contributed by atoms with Crippen LogP contribution in [0.3, 0.4) is 0 Å². The minimum Gasteiger partial charge on any atom is -0.489 e. The number of pyridine rings is 1. The molecule has 0 spiro atoms. The molecule has 0 atom stereocenters. The molecule has 2 aromatic carbocycles. The molecule has 0 bridgehead atoms. The number of piperidine rings is 1. The van der Waals surface area contributed by atoms with E-state index in [2.05, 4.69) is 16.0 Å². The van der Waals surface area contributed by atoms with E-state index in [0.717, 1.165) is 41.6 Å². The first kappa shape index (κ1) is 29.9. The number of sulfonamides is 1. The third-order valence-corrected chi connectivity index (χ3v) is 8.38. The second kappa shape index (κ2) is 14.0. The fraction of sp³-hybridized carbons (Fsp3) is 0.300. The molecule has 9 nitrogen and oxygen atoms in total. The molecule has 11 heteroatoms. The van der Waals surface area contributed by atoms with Crippen molar-refractivity contribution >= 4 is 45.2 Å². The van der Waals surface area contributed by atoms with Crippen LogP contribution >= 0.6 is 11.6 Å². The van der Waals surface area contributed by atoms with Crippen LogP contribution in [0, 0.1) is 11.3 Å². The molecule has 0 radical (unpaired) electrons. The molecular weight excluding hydrogens is 564 g/mol. The number of carbonyl (C=O) groups is 1. The number of aromatic nitrogens is 1. The van der Waals surface area contributed by atoms with Crippen LogP contribution in [0.15, 0.2) is 72.9 Å². The Morgan fingerprint density at radius 3 is 2.66 bits per heavy atom. The summed E-state index contributed by atoms with van der Waals surface area (Å²) >= 11 is 6.58. The van der Waals surface area contributed by atoms with Crippen LogP contribution in [-0.2, 0) is 19.6 Å². The molecule has 0 N–H and O–H groups in total. The average molecular weight is 595 g/mol. The number of esters is 1. The molecule has 1 aliphatic heterocycles. The van der Waals surface area contributed by atoms with Crippen LogP contribution in [0.4, 0.5) is 11.5 Å². The number of benzene rings is 2. The van der Waals surface area contributed by atoms with E-state index in [-0.39, 0.29) is 30.0 Å². The lowest BCUT2D eigenvalue weighted by molar-refractivity contribution is -0.139. The lowest BCUT2D eigenvalue weighted by Gasteiger charge is -2.33. The van der Waals surface area contributed by atoms with Gasteiger partial charge in [-0.25, -0.2) is 13.4 Å². The summed E-state index contributed by atoms with van der Waals surface area (Å²) in [4.78, 5) is 18.7. The zero-order chi connectivity index (χ0) is 29.2. The first-order valence-electron chi connectivity index (χ1n) is 13.2. The monoisotopic (exact) mass is 594 g/mol. The Kier molecular flexibility index (Phi) is 10.2. The number of nitriles is 1. The summed E-state index contributed by atoms with van der Waals surface area (Å²) in [5.41, 5.74) is 1.51. The Balaban J connectivity index is 1.49. The molecule has 2 heterocycles. The third kappa shape index (κ3) is 8.22. The van der Waals surface area contributed by atoms with Crippen molar-refractivity contribution in [3.63, 3.8) is 0 Å². The fourth-order valence-corrected chi connectivity index (χ4v) is 5.97. The summed E-state index contributed by atoms with van der Waals surface area (Å²) in [5, 5.41) is 9.40. The Hall–Kier alpha value is -4.07. The van der Waals surface area contributed by atoms with E-state index in [9.17, 15) is 13.2 Å². The van der Waals surface area contributed by atoms with Crippen LogP contribution in [-0.4, -0.2) is 57.5 Å². The van der Waals surface area contributed by atoms with Crippen molar-refractivity contribution in [3.8, 4) is 11.8 Å². The van der Waals surface area contributed by atoms with Gasteiger partial charge in [-0.1, -0.05) is 42.0 Å². The molecule has 1 aromatic heterocycles. The molecular formula is C30H31ClN4O5S. The van der Waals surface area contributed by atoms with E-state index in [1.165, 1.54) is 6.07 Å². The van der Waals surface area contributed by atoms with Crippen LogP contribution < -0.4 is 13.9 Å². The van der Waals surface area contributed by atoms with E-state index in [0.29, 0.717) is 11.3 Å². The highest BCUT2D eigenvalue weighted by Crippen LogP contribution is 2.33. The Bertz CT molecular complexity index is 1520. The van der Waals surface area contributed by atoms with Gasteiger partial charge in [-0.05, 0) is 55.0 Å². The number of halogens is 1. The average Bonchev–Trinajstić information content (AvgIpc) is 2.97. The molecule has 1 aliphatic rings. The predicted molar refractivity (Wildman–Crippen MR) is 160 cm³/mol. The number of rotatable bonds is 11. The number of nitrogens with zero attached hydrogens (tertiary/aromatic N) is 4. The lowest BCUT2D eigenvalue weighted by Crippen LogP contribution is -2.38. The first-order chi connectivity index (χ1) is 19.8. The maximum absolute atomic E-state index is 13.3. The smallest absolute Gasteiger partial charge is 0.323 e. The number of anilines is 2. The summed E-state index contributed by atoms with van der Waals surface area (Å²) in [6.07, 6.45) is 6.65. The first-order valence-corrected chi connectivity index (χ1v) is 15.2. The van der Waals surface area contributed by atoms with E-state index >= 15 is 0 Å². The largest absolute Gasteiger partial charge is 0.489 e. The second-order valence-electron chi connectivity index (χ2n) is 9.34. The highest BCUT2D eigenvalue weighted by Gasteiger charge is 2.27.